The van der Waals surface area contributed by atoms with E-state index in [0.29, 0.717) is 6.54 Å². The lowest BCUT2D eigenvalue weighted by Crippen LogP contribution is -2.38. The van der Waals surface area contributed by atoms with Gasteiger partial charge in [-0.05, 0) is 24.5 Å². The van der Waals surface area contributed by atoms with Gasteiger partial charge in [-0.1, -0.05) is 50.6 Å². The molecule has 1 atom stereocenters. The lowest BCUT2D eigenvalue weighted by molar-refractivity contribution is -0.142. The third kappa shape index (κ3) is 6.12. The van der Waals surface area contributed by atoms with Gasteiger partial charge in [-0.25, -0.2) is 0 Å². The molecule has 22 heavy (non-hydrogen) atoms. The standard InChI is InChI=1S/C18H25NO3/c1-13(2)11-19(12-15(4)18(21)22)17(20)10-9-16-7-5-14(3)6-8-16/h5-10,13,15H,11-12H2,1-4H3,(H,21,22)/b10-9+. The molecule has 0 aliphatic carbocycles. The molecule has 1 aromatic rings. The number of hydrogen-bond acceptors (Lipinski definition) is 2. The van der Waals surface area contributed by atoms with E-state index in [2.05, 4.69) is 0 Å². The van der Waals surface area contributed by atoms with Crippen LogP contribution in [0.25, 0.3) is 6.08 Å². The Labute approximate surface area is 132 Å². The van der Waals surface area contributed by atoms with E-state index in [-0.39, 0.29) is 18.4 Å². The van der Waals surface area contributed by atoms with Crippen molar-refractivity contribution in [3.8, 4) is 0 Å². The molecule has 0 bridgehead atoms. The molecule has 0 aromatic heterocycles. The number of amides is 1. The molecule has 0 saturated carbocycles. The van der Waals surface area contributed by atoms with Crippen molar-refractivity contribution in [1.29, 1.82) is 0 Å². The minimum atomic E-state index is -0.885. The highest BCUT2D eigenvalue weighted by Gasteiger charge is 2.19. The molecule has 1 unspecified atom stereocenters. The van der Waals surface area contributed by atoms with Crippen molar-refractivity contribution in [3.63, 3.8) is 0 Å². The van der Waals surface area contributed by atoms with Gasteiger partial charge in [-0.3, -0.25) is 9.59 Å². The van der Waals surface area contributed by atoms with Gasteiger partial charge >= 0.3 is 5.97 Å². The number of carboxylic acid groups (broad SMARTS) is 1. The number of aliphatic carboxylic acids is 1. The molecule has 4 nitrogen and oxygen atoms in total. The van der Waals surface area contributed by atoms with E-state index in [1.807, 2.05) is 45.0 Å². The summed E-state index contributed by atoms with van der Waals surface area (Å²) in [6.45, 7) is 8.42. The Bertz CT molecular complexity index is 532. The van der Waals surface area contributed by atoms with Crippen LogP contribution in [0.4, 0.5) is 0 Å². The van der Waals surface area contributed by atoms with Crippen molar-refractivity contribution in [2.45, 2.75) is 27.7 Å². The molecule has 1 aromatic carbocycles. The van der Waals surface area contributed by atoms with E-state index in [0.717, 1.165) is 5.56 Å². The summed E-state index contributed by atoms with van der Waals surface area (Å²) in [5, 5.41) is 9.02. The van der Waals surface area contributed by atoms with Gasteiger partial charge in [0, 0.05) is 19.2 Å². The number of carbonyl (C=O) groups is 2. The Kier molecular flexibility index (Phi) is 6.83. The van der Waals surface area contributed by atoms with Gasteiger partial charge in [0.15, 0.2) is 0 Å². The maximum absolute atomic E-state index is 12.3. The zero-order chi connectivity index (χ0) is 16.7. The Balaban J connectivity index is 2.77. The zero-order valence-electron chi connectivity index (χ0n) is 13.7. The highest BCUT2D eigenvalue weighted by Crippen LogP contribution is 2.09. The van der Waals surface area contributed by atoms with Crippen LogP contribution in [-0.4, -0.2) is 35.0 Å². The lowest BCUT2D eigenvalue weighted by Gasteiger charge is -2.25. The molecule has 4 heteroatoms. The van der Waals surface area contributed by atoms with Crippen molar-refractivity contribution in [2.75, 3.05) is 13.1 Å². The van der Waals surface area contributed by atoms with E-state index in [4.69, 9.17) is 5.11 Å². The van der Waals surface area contributed by atoms with Gasteiger partial charge in [0.25, 0.3) is 0 Å². The van der Waals surface area contributed by atoms with Crippen LogP contribution in [0.1, 0.15) is 31.9 Å². The molecule has 1 amide bonds. The fourth-order valence-corrected chi connectivity index (χ4v) is 2.05. The first-order valence-corrected chi connectivity index (χ1v) is 7.56. The van der Waals surface area contributed by atoms with Crippen LogP contribution in [0.5, 0.6) is 0 Å². The van der Waals surface area contributed by atoms with Crippen LogP contribution in [0.15, 0.2) is 30.3 Å². The molecule has 0 heterocycles. The third-order valence-electron chi connectivity index (χ3n) is 3.31. The molecule has 120 valence electrons. The fourth-order valence-electron chi connectivity index (χ4n) is 2.05. The Morgan fingerprint density at radius 1 is 1.14 bits per heavy atom. The van der Waals surface area contributed by atoms with E-state index >= 15 is 0 Å². The molecule has 1 rings (SSSR count). The van der Waals surface area contributed by atoms with E-state index in [9.17, 15) is 9.59 Å². The summed E-state index contributed by atoms with van der Waals surface area (Å²) in [7, 11) is 0. The molecule has 0 saturated heterocycles. The summed E-state index contributed by atoms with van der Waals surface area (Å²) in [5.74, 6) is -1.32. The summed E-state index contributed by atoms with van der Waals surface area (Å²) < 4.78 is 0. The predicted octanol–water partition coefficient (Wildman–Crippen LogP) is 3.21. The lowest BCUT2D eigenvalue weighted by atomic mass is 10.1. The van der Waals surface area contributed by atoms with Gasteiger partial charge in [0.1, 0.15) is 0 Å². The number of aryl methyl sites for hydroxylation is 1. The summed E-state index contributed by atoms with van der Waals surface area (Å²) in [4.78, 5) is 24.9. The third-order valence-corrected chi connectivity index (χ3v) is 3.31. The molecule has 0 aliphatic heterocycles. The second kappa shape index (κ2) is 8.37. The Morgan fingerprint density at radius 2 is 1.73 bits per heavy atom. The molecule has 0 aliphatic rings. The van der Waals surface area contributed by atoms with Gasteiger partial charge in [-0.15, -0.1) is 0 Å². The number of nitrogens with zero attached hydrogens (tertiary/aromatic N) is 1. The quantitative estimate of drug-likeness (QED) is 0.787. The monoisotopic (exact) mass is 303 g/mol. The molecular weight excluding hydrogens is 278 g/mol. The van der Waals surface area contributed by atoms with E-state index < -0.39 is 11.9 Å². The highest BCUT2D eigenvalue weighted by molar-refractivity contribution is 5.92. The second-order valence-electron chi connectivity index (χ2n) is 6.12. The molecule has 1 N–H and O–H groups in total. The van der Waals surface area contributed by atoms with Gasteiger partial charge < -0.3 is 10.0 Å². The Morgan fingerprint density at radius 3 is 2.23 bits per heavy atom. The first-order valence-electron chi connectivity index (χ1n) is 7.56. The number of rotatable bonds is 7. The van der Waals surface area contributed by atoms with Crippen molar-refractivity contribution >= 4 is 18.0 Å². The minimum absolute atomic E-state index is 0.151. The van der Waals surface area contributed by atoms with Crippen LogP contribution in [0, 0.1) is 18.8 Å². The Hall–Kier alpha value is -2.10. The molecule has 0 fully saturated rings. The topological polar surface area (TPSA) is 57.6 Å². The van der Waals surface area contributed by atoms with E-state index in [1.165, 1.54) is 11.6 Å². The van der Waals surface area contributed by atoms with Crippen molar-refractivity contribution < 1.29 is 14.7 Å². The molecular formula is C18H25NO3. The SMILES string of the molecule is Cc1ccc(/C=C/C(=O)N(CC(C)C)CC(C)C(=O)O)cc1. The second-order valence-corrected chi connectivity index (χ2v) is 6.12. The van der Waals surface area contributed by atoms with Crippen molar-refractivity contribution in [2.24, 2.45) is 11.8 Å². The summed E-state index contributed by atoms with van der Waals surface area (Å²) >= 11 is 0. The van der Waals surface area contributed by atoms with Crippen LogP contribution in [0.3, 0.4) is 0 Å². The highest BCUT2D eigenvalue weighted by atomic mass is 16.4. The van der Waals surface area contributed by atoms with Gasteiger partial charge in [-0.2, -0.15) is 0 Å². The normalized spacial score (nSPS) is 12.6. The number of hydrogen-bond donors (Lipinski definition) is 1. The number of carboxylic acids is 1. The number of carbonyl (C=O) groups excluding carboxylic acids is 1. The zero-order valence-corrected chi connectivity index (χ0v) is 13.7. The summed E-state index contributed by atoms with van der Waals surface area (Å²) in [6, 6.07) is 7.88. The number of benzene rings is 1. The van der Waals surface area contributed by atoms with Crippen LogP contribution in [-0.2, 0) is 9.59 Å². The smallest absolute Gasteiger partial charge is 0.308 e. The van der Waals surface area contributed by atoms with Crippen LogP contribution >= 0.6 is 0 Å². The first kappa shape index (κ1) is 18.0. The predicted molar refractivity (Wildman–Crippen MR) is 88.4 cm³/mol. The van der Waals surface area contributed by atoms with Crippen molar-refractivity contribution in [1.82, 2.24) is 4.90 Å². The fraction of sp³-hybridized carbons (Fsp3) is 0.444. The summed E-state index contributed by atoms with van der Waals surface area (Å²) in [5.41, 5.74) is 2.12. The molecule has 0 spiro atoms. The minimum Gasteiger partial charge on any atom is -0.481 e. The maximum atomic E-state index is 12.3. The van der Waals surface area contributed by atoms with Crippen LogP contribution < -0.4 is 0 Å². The van der Waals surface area contributed by atoms with Crippen LogP contribution in [0.2, 0.25) is 0 Å². The van der Waals surface area contributed by atoms with Gasteiger partial charge in [0.2, 0.25) is 5.91 Å². The average molecular weight is 303 g/mol. The van der Waals surface area contributed by atoms with E-state index in [1.54, 1.807) is 17.9 Å². The summed E-state index contributed by atoms with van der Waals surface area (Å²) in [6.07, 6.45) is 3.28. The molecule has 0 radical (unpaired) electrons. The maximum Gasteiger partial charge on any atom is 0.308 e. The largest absolute Gasteiger partial charge is 0.481 e. The van der Waals surface area contributed by atoms with Crippen molar-refractivity contribution in [3.05, 3.63) is 41.5 Å². The average Bonchev–Trinajstić information content (AvgIpc) is 2.45. The first-order chi connectivity index (χ1) is 10.3. The van der Waals surface area contributed by atoms with Gasteiger partial charge in [0.05, 0.1) is 5.92 Å².